The molecule has 18 heavy (non-hydrogen) atoms. The van der Waals surface area contributed by atoms with Crippen LogP contribution in [0.25, 0.3) is 11.0 Å². The molecule has 1 aliphatic rings. The van der Waals surface area contributed by atoms with Gasteiger partial charge in [0.25, 0.3) is 0 Å². The van der Waals surface area contributed by atoms with Gasteiger partial charge in [0, 0.05) is 5.54 Å². The van der Waals surface area contributed by atoms with Crippen molar-refractivity contribution in [3.05, 3.63) is 29.8 Å². The lowest BCUT2D eigenvalue weighted by atomic mass is 9.99. The zero-order valence-electron chi connectivity index (χ0n) is 10.4. The maximum Gasteiger partial charge on any atom is 0.151 e. The molecule has 1 aliphatic carbocycles. The van der Waals surface area contributed by atoms with Gasteiger partial charge in [-0.2, -0.15) is 0 Å². The van der Waals surface area contributed by atoms with Crippen LogP contribution in [0.3, 0.4) is 0 Å². The number of hydrogen-bond acceptors (Lipinski definition) is 1. The van der Waals surface area contributed by atoms with E-state index in [1.165, 1.54) is 18.9 Å². The average Bonchev–Trinajstić information content (AvgIpc) is 2.94. The Morgan fingerprint density at radius 2 is 2.11 bits per heavy atom. The first-order valence-electron chi connectivity index (χ1n) is 6.38. The topological polar surface area (TPSA) is 17.8 Å². The van der Waals surface area contributed by atoms with E-state index < -0.39 is 0 Å². The van der Waals surface area contributed by atoms with Gasteiger partial charge in [-0.25, -0.2) is 9.37 Å². The van der Waals surface area contributed by atoms with E-state index >= 15 is 0 Å². The fourth-order valence-electron chi connectivity index (χ4n) is 3.17. The Bertz CT molecular complexity index is 585. The molecule has 0 bridgehead atoms. The molecule has 1 aromatic heterocycles. The molecule has 96 valence electrons. The van der Waals surface area contributed by atoms with Gasteiger partial charge in [-0.15, -0.1) is 11.6 Å². The van der Waals surface area contributed by atoms with Crippen molar-refractivity contribution >= 4 is 22.6 Å². The van der Waals surface area contributed by atoms with Crippen LogP contribution in [0.5, 0.6) is 0 Å². The predicted molar refractivity (Wildman–Crippen MR) is 71.4 cm³/mol. The fourth-order valence-corrected chi connectivity index (χ4v) is 3.34. The first kappa shape index (κ1) is 12.0. The number of hydrogen-bond donors (Lipinski definition) is 0. The maximum atomic E-state index is 13.8. The number of rotatable bonds is 2. The molecule has 0 atom stereocenters. The van der Waals surface area contributed by atoms with Gasteiger partial charge in [0.2, 0.25) is 0 Å². The van der Waals surface area contributed by atoms with Crippen molar-refractivity contribution in [2.45, 2.75) is 44.0 Å². The van der Waals surface area contributed by atoms with Crippen LogP contribution in [-0.2, 0) is 11.4 Å². The van der Waals surface area contributed by atoms with Crippen molar-refractivity contribution in [3.8, 4) is 0 Å². The highest BCUT2D eigenvalue weighted by molar-refractivity contribution is 6.16. The summed E-state index contributed by atoms with van der Waals surface area (Å²) in [5.74, 6) is 0.837. The molecule has 4 heteroatoms. The van der Waals surface area contributed by atoms with Crippen LogP contribution in [0.15, 0.2) is 18.2 Å². The zero-order valence-corrected chi connectivity index (χ0v) is 11.2. The van der Waals surface area contributed by atoms with E-state index in [4.69, 9.17) is 11.6 Å². The number of benzene rings is 1. The molecular formula is C14H16ClFN2. The van der Waals surface area contributed by atoms with Crippen molar-refractivity contribution < 1.29 is 4.39 Å². The van der Waals surface area contributed by atoms with Crippen LogP contribution in [-0.4, -0.2) is 9.55 Å². The third-order valence-corrected chi connectivity index (χ3v) is 4.28. The van der Waals surface area contributed by atoms with E-state index in [1.54, 1.807) is 6.07 Å². The summed E-state index contributed by atoms with van der Waals surface area (Å²) in [7, 11) is 0. The largest absolute Gasteiger partial charge is 0.321 e. The SMILES string of the molecule is CC1(n2c(CCl)nc3c(F)cccc32)CCCC1. The lowest BCUT2D eigenvalue weighted by molar-refractivity contribution is 0.331. The first-order chi connectivity index (χ1) is 8.65. The van der Waals surface area contributed by atoms with Crippen LogP contribution < -0.4 is 0 Å². The second-order valence-corrected chi connectivity index (χ2v) is 5.58. The van der Waals surface area contributed by atoms with Crippen molar-refractivity contribution in [2.24, 2.45) is 0 Å². The van der Waals surface area contributed by atoms with E-state index in [9.17, 15) is 4.39 Å². The van der Waals surface area contributed by atoms with E-state index in [1.807, 2.05) is 6.07 Å². The van der Waals surface area contributed by atoms with Gasteiger partial charge in [-0.05, 0) is 31.9 Å². The number of aromatic nitrogens is 2. The summed E-state index contributed by atoms with van der Waals surface area (Å²) in [6.07, 6.45) is 4.65. The Hall–Kier alpha value is -1.09. The van der Waals surface area contributed by atoms with Gasteiger partial charge in [0.05, 0.1) is 11.4 Å². The average molecular weight is 267 g/mol. The Morgan fingerprint density at radius 1 is 1.39 bits per heavy atom. The minimum atomic E-state index is -0.265. The van der Waals surface area contributed by atoms with Crippen LogP contribution in [0, 0.1) is 5.82 Å². The highest BCUT2D eigenvalue weighted by Crippen LogP contribution is 2.39. The molecule has 1 heterocycles. The molecule has 1 aromatic carbocycles. The monoisotopic (exact) mass is 266 g/mol. The number of fused-ring (bicyclic) bond motifs is 1. The molecule has 0 saturated heterocycles. The quantitative estimate of drug-likeness (QED) is 0.745. The smallest absolute Gasteiger partial charge is 0.151 e. The van der Waals surface area contributed by atoms with E-state index in [0.717, 1.165) is 24.2 Å². The van der Waals surface area contributed by atoms with E-state index in [0.29, 0.717) is 11.4 Å². The molecule has 2 nitrogen and oxygen atoms in total. The van der Waals surface area contributed by atoms with Gasteiger partial charge in [-0.3, -0.25) is 0 Å². The second-order valence-electron chi connectivity index (χ2n) is 5.31. The Morgan fingerprint density at radius 3 is 2.78 bits per heavy atom. The molecule has 0 aliphatic heterocycles. The third kappa shape index (κ3) is 1.64. The molecular weight excluding hydrogens is 251 g/mol. The maximum absolute atomic E-state index is 13.8. The lowest BCUT2D eigenvalue weighted by Crippen LogP contribution is -2.27. The first-order valence-corrected chi connectivity index (χ1v) is 6.91. The van der Waals surface area contributed by atoms with Crippen LogP contribution in [0.4, 0.5) is 4.39 Å². The number of imidazole rings is 1. The van der Waals surface area contributed by atoms with Gasteiger partial charge in [0.1, 0.15) is 11.3 Å². The summed E-state index contributed by atoms with van der Waals surface area (Å²) < 4.78 is 16.0. The van der Waals surface area contributed by atoms with Gasteiger partial charge < -0.3 is 4.57 Å². The highest BCUT2D eigenvalue weighted by Gasteiger charge is 2.34. The van der Waals surface area contributed by atoms with Crippen molar-refractivity contribution in [1.29, 1.82) is 0 Å². The fraction of sp³-hybridized carbons (Fsp3) is 0.500. The van der Waals surface area contributed by atoms with E-state index in [-0.39, 0.29) is 11.4 Å². The van der Waals surface area contributed by atoms with Gasteiger partial charge in [-0.1, -0.05) is 18.9 Å². The van der Waals surface area contributed by atoms with Crippen molar-refractivity contribution in [3.63, 3.8) is 0 Å². The Balaban J connectivity index is 2.29. The van der Waals surface area contributed by atoms with Gasteiger partial charge in [0.15, 0.2) is 5.82 Å². The number of nitrogens with zero attached hydrogens (tertiary/aromatic N) is 2. The van der Waals surface area contributed by atoms with Gasteiger partial charge >= 0.3 is 0 Å². The number of alkyl halides is 1. The predicted octanol–water partition coefficient (Wildman–Crippen LogP) is 4.20. The summed E-state index contributed by atoms with van der Waals surface area (Å²) in [6, 6.07) is 5.13. The molecule has 3 rings (SSSR count). The zero-order chi connectivity index (χ0) is 12.8. The number of halogens is 2. The second kappa shape index (κ2) is 4.23. The minimum absolute atomic E-state index is 0.0345. The Kier molecular flexibility index (Phi) is 2.81. The number of para-hydroxylation sites is 1. The molecule has 0 N–H and O–H groups in total. The molecule has 0 spiro atoms. The minimum Gasteiger partial charge on any atom is -0.321 e. The standard InChI is InChI=1S/C14H16ClFN2/c1-14(7-2-3-8-14)18-11-6-4-5-10(16)13(11)17-12(18)9-15/h4-6H,2-3,7-9H2,1H3. The molecule has 0 amide bonds. The van der Waals surface area contributed by atoms with Crippen molar-refractivity contribution in [1.82, 2.24) is 9.55 Å². The summed E-state index contributed by atoms with van der Waals surface area (Å²) in [6.45, 7) is 2.22. The molecule has 1 saturated carbocycles. The van der Waals surface area contributed by atoms with E-state index in [2.05, 4.69) is 16.5 Å². The normalized spacial score (nSPS) is 18.6. The van der Waals surface area contributed by atoms with Crippen molar-refractivity contribution in [2.75, 3.05) is 0 Å². The summed E-state index contributed by atoms with van der Waals surface area (Å²) in [4.78, 5) is 4.38. The van der Waals surface area contributed by atoms with Crippen LogP contribution >= 0.6 is 11.6 Å². The molecule has 0 radical (unpaired) electrons. The molecule has 2 aromatic rings. The van der Waals surface area contributed by atoms with Crippen LogP contribution in [0.2, 0.25) is 0 Å². The molecule has 0 unspecified atom stereocenters. The summed E-state index contributed by atoms with van der Waals surface area (Å²) >= 11 is 5.99. The van der Waals surface area contributed by atoms with Crippen LogP contribution in [0.1, 0.15) is 38.4 Å². The third-order valence-electron chi connectivity index (χ3n) is 4.05. The summed E-state index contributed by atoms with van der Waals surface area (Å²) in [5, 5.41) is 0. The highest BCUT2D eigenvalue weighted by atomic mass is 35.5. The summed E-state index contributed by atoms with van der Waals surface area (Å²) in [5.41, 5.74) is 1.35. The Labute approximate surface area is 111 Å². The molecule has 1 fully saturated rings. The lowest BCUT2D eigenvalue weighted by Gasteiger charge is -2.28.